The van der Waals surface area contributed by atoms with E-state index in [-0.39, 0.29) is 19.0 Å². The highest BCUT2D eigenvalue weighted by Crippen LogP contribution is 2.58. The van der Waals surface area contributed by atoms with Gasteiger partial charge < -0.3 is 25.3 Å². The molecule has 1 unspecified atom stereocenters. The molecule has 0 amide bonds. The zero-order valence-corrected chi connectivity index (χ0v) is 19.8. The Hall–Kier alpha value is -2.08. The number of ether oxygens (including phenoxy) is 1. The second kappa shape index (κ2) is 8.85. The summed E-state index contributed by atoms with van der Waals surface area (Å²) in [5.74, 6) is 0.277. The zero-order valence-electron chi connectivity index (χ0n) is 18.2. The summed E-state index contributed by atoms with van der Waals surface area (Å²) in [6.45, 7) is 1.22. The Morgan fingerprint density at radius 2 is 2.15 bits per heavy atom. The van der Waals surface area contributed by atoms with Gasteiger partial charge in [0.05, 0.1) is 24.7 Å². The third-order valence-electron chi connectivity index (χ3n) is 6.08. The van der Waals surface area contributed by atoms with E-state index in [9.17, 15) is 14.8 Å². The summed E-state index contributed by atoms with van der Waals surface area (Å²) in [5, 5.41) is 22.9. The van der Waals surface area contributed by atoms with Gasteiger partial charge in [-0.25, -0.2) is 14.5 Å². The van der Waals surface area contributed by atoms with Crippen LogP contribution in [0.4, 0.5) is 5.82 Å². The standard InChI is InChI=1S/C21H24ClN4O7P/c1-21(28)17(27)16(32-20(21)26-8-6-13-18(23)24-11-25-19(13)26)10-31-34(29)30-9-7-15(33-34)12-4-2-3-5-14(12)22/h2-6,8,11,15-17,20,27-28H,7,9-10H2,1H3,(H2,23,24,25)/t15-,16+,17+,20+,21+,34?/m0/s1. The topological polar surface area (TPSA) is 151 Å². The van der Waals surface area contributed by atoms with Crippen LogP contribution in [0.1, 0.15) is 31.2 Å². The van der Waals surface area contributed by atoms with Crippen molar-refractivity contribution in [1.82, 2.24) is 14.5 Å². The fourth-order valence-corrected chi connectivity index (χ4v) is 5.89. The van der Waals surface area contributed by atoms with E-state index in [1.165, 1.54) is 13.3 Å². The average molecular weight is 511 g/mol. The number of benzene rings is 1. The molecule has 34 heavy (non-hydrogen) atoms. The molecule has 2 fully saturated rings. The molecular weight excluding hydrogens is 487 g/mol. The molecule has 0 spiro atoms. The molecule has 2 aromatic heterocycles. The van der Waals surface area contributed by atoms with Gasteiger partial charge in [-0.2, -0.15) is 0 Å². The van der Waals surface area contributed by atoms with Gasteiger partial charge in [-0.05, 0) is 19.1 Å². The number of fused-ring (bicyclic) bond motifs is 1. The number of nitrogens with zero attached hydrogens (tertiary/aromatic N) is 3. The molecule has 4 N–H and O–H groups in total. The van der Waals surface area contributed by atoms with Crippen molar-refractivity contribution in [2.45, 2.75) is 43.5 Å². The number of halogens is 1. The summed E-state index contributed by atoms with van der Waals surface area (Å²) in [7, 11) is -3.98. The minimum atomic E-state index is -3.98. The third-order valence-corrected chi connectivity index (χ3v) is 7.90. The highest BCUT2D eigenvalue weighted by Gasteiger charge is 2.54. The van der Waals surface area contributed by atoms with Crippen molar-refractivity contribution in [2.24, 2.45) is 0 Å². The molecule has 13 heteroatoms. The Balaban J connectivity index is 1.31. The number of hydrogen-bond donors (Lipinski definition) is 3. The summed E-state index contributed by atoms with van der Waals surface area (Å²) in [4.78, 5) is 8.16. The normalized spacial score (nSPS) is 34.0. The molecule has 2 saturated heterocycles. The molecule has 0 radical (unpaired) electrons. The van der Waals surface area contributed by atoms with Crippen LogP contribution in [-0.4, -0.2) is 55.8 Å². The minimum absolute atomic E-state index is 0.137. The van der Waals surface area contributed by atoms with E-state index >= 15 is 0 Å². The van der Waals surface area contributed by atoms with Gasteiger partial charge in [0.15, 0.2) is 6.23 Å². The molecular formula is C21H24ClN4O7P. The van der Waals surface area contributed by atoms with E-state index in [2.05, 4.69) is 9.97 Å². The van der Waals surface area contributed by atoms with E-state index in [1.54, 1.807) is 41.1 Å². The van der Waals surface area contributed by atoms with Crippen LogP contribution in [0.2, 0.25) is 5.02 Å². The maximum absolute atomic E-state index is 13.1. The molecule has 182 valence electrons. The van der Waals surface area contributed by atoms with Crippen LogP contribution in [0.3, 0.4) is 0 Å². The molecule has 0 bridgehead atoms. The smallest absolute Gasteiger partial charge is 0.387 e. The number of rotatable bonds is 5. The van der Waals surface area contributed by atoms with Gasteiger partial charge in [0.2, 0.25) is 0 Å². The molecule has 0 aliphatic carbocycles. The van der Waals surface area contributed by atoms with E-state index < -0.39 is 38.0 Å². The van der Waals surface area contributed by atoms with E-state index in [0.717, 1.165) is 0 Å². The maximum Gasteiger partial charge on any atom is 0.475 e. The SMILES string of the molecule is C[C@@]1(O)[C@H](O)[C@@H](COP2(=O)OCC[C@@H](c3ccccc3Cl)O2)O[C@H]1n1ccc2c(N)ncnc21. The van der Waals surface area contributed by atoms with E-state index in [1.807, 2.05) is 0 Å². The highest BCUT2D eigenvalue weighted by atomic mass is 35.5. The second-order valence-corrected chi connectivity index (χ2v) is 10.4. The molecule has 4 heterocycles. The van der Waals surface area contributed by atoms with Gasteiger partial charge in [-0.15, -0.1) is 0 Å². The molecule has 2 aliphatic rings. The first kappa shape index (κ1) is 23.7. The van der Waals surface area contributed by atoms with Gasteiger partial charge in [-0.1, -0.05) is 29.8 Å². The van der Waals surface area contributed by atoms with Crippen molar-refractivity contribution in [3.05, 3.63) is 53.4 Å². The van der Waals surface area contributed by atoms with E-state index in [4.69, 9.17) is 35.6 Å². The van der Waals surface area contributed by atoms with Gasteiger partial charge >= 0.3 is 7.82 Å². The number of aromatic nitrogens is 3. The largest absolute Gasteiger partial charge is 0.475 e. The van der Waals surface area contributed by atoms with Crippen molar-refractivity contribution in [2.75, 3.05) is 18.9 Å². The van der Waals surface area contributed by atoms with Crippen molar-refractivity contribution in [3.8, 4) is 0 Å². The van der Waals surface area contributed by atoms with Crippen LogP contribution >= 0.6 is 19.4 Å². The third kappa shape index (κ3) is 4.12. The predicted octanol–water partition coefficient (Wildman–Crippen LogP) is 2.98. The number of aliphatic hydroxyl groups excluding tert-OH is 1. The first-order valence-corrected chi connectivity index (χ1v) is 12.5. The molecule has 3 aromatic rings. The van der Waals surface area contributed by atoms with Crippen LogP contribution in [-0.2, 0) is 22.9 Å². The fourth-order valence-electron chi connectivity index (χ4n) is 4.25. The fraction of sp³-hybridized carbons (Fsp3) is 0.429. The first-order chi connectivity index (χ1) is 16.2. The molecule has 1 aromatic carbocycles. The lowest BCUT2D eigenvalue weighted by Gasteiger charge is -2.30. The monoisotopic (exact) mass is 510 g/mol. The second-order valence-electron chi connectivity index (χ2n) is 8.40. The molecule has 11 nitrogen and oxygen atoms in total. The number of aliphatic hydroxyl groups is 2. The lowest BCUT2D eigenvalue weighted by atomic mass is 9.96. The van der Waals surface area contributed by atoms with Gasteiger partial charge in [0.1, 0.15) is 35.6 Å². The lowest BCUT2D eigenvalue weighted by Crippen LogP contribution is -2.44. The lowest BCUT2D eigenvalue weighted by molar-refractivity contribution is -0.0950. The Morgan fingerprint density at radius 1 is 1.35 bits per heavy atom. The van der Waals surface area contributed by atoms with Gasteiger partial charge in [-0.3, -0.25) is 13.6 Å². The Bertz CT molecular complexity index is 1250. The minimum Gasteiger partial charge on any atom is -0.387 e. The zero-order chi connectivity index (χ0) is 24.1. The van der Waals surface area contributed by atoms with Crippen LogP contribution < -0.4 is 5.73 Å². The molecule has 5 rings (SSSR count). The first-order valence-electron chi connectivity index (χ1n) is 10.6. The molecule has 2 aliphatic heterocycles. The van der Waals surface area contributed by atoms with E-state index in [0.29, 0.717) is 28.0 Å². The number of phosphoric acid groups is 1. The van der Waals surface area contributed by atoms with Crippen LogP contribution in [0.15, 0.2) is 42.9 Å². The van der Waals surface area contributed by atoms with Crippen molar-refractivity contribution in [1.29, 1.82) is 0 Å². The quantitative estimate of drug-likeness (QED) is 0.437. The van der Waals surface area contributed by atoms with Crippen LogP contribution in [0.5, 0.6) is 0 Å². The van der Waals surface area contributed by atoms with Crippen molar-refractivity contribution >= 4 is 36.3 Å². The number of anilines is 1. The Kier molecular flexibility index (Phi) is 6.16. The van der Waals surface area contributed by atoms with Crippen LogP contribution in [0, 0.1) is 0 Å². The Morgan fingerprint density at radius 3 is 2.94 bits per heavy atom. The highest BCUT2D eigenvalue weighted by molar-refractivity contribution is 7.48. The average Bonchev–Trinajstić information content (AvgIpc) is 3.32. The van der Waals surface area contributed by atoms with Gasteiger partial charge in [0, 0.05) is 23.2 Å². The van der Waals surface area contributed by atoms with Gasteiger partial charge in [0.25, 0.3) is 0 Å². The maximum atomic E-state index is 13.1. The number of phosphoric ester groups is 1. The summed E-state index contributed by atoms with van der Waals surface area (Å²) < 4.78 is 37.1. The van der Waals surface area contributed by atoms with Crippen molar-refractivity contribution < 1.29 is 33.1 Å². The molecule has 0 saturated carbocycles. The summed E-state index contributed by atoms with van der Waals surface area (Å²) in [6, 6.07) is 8.79. The predicted molar refractivity (Wildman–Crippen MR) is 122 cm³/mol. The van der Waals surface area contributed by atoms with Crippen LogP contribution in [0.25, 0.3) is 11.0 Å². The summed E-state index contributed by atoms with van der Waals surface area (Å²) in [5.41, 5.74) is 5.28. The number of nitrogen functional groups attached to an aromatic ring is 1. The number of nitrogens with two attached hydrogens (primary N) is 1. The Labute approximate surface area is 200 Å². The summed E-state index contributed by atoms with van der Waals surface area (Å²) in [6.07, 6.45) is -0.618. The summed E-state index contributed by atoms with van der Waals surface area (Å²) >= 11 is 6.25. The molecule has 6 atom stereocenters. The van der Waals surface area contributed by atoms with Crippen molar-refractivity contribution in [3.63, 3.8) is 0 Å². The number of hydrogen-bond acceptors (Lipinski definition) is 10.